The molecule has 31 heavy (non-hydrogen) atoms. The van der Waals surface area contributed by atoms with Gasteiger partial charge in [-0.1, -0.05) is 17.7 Å². The van der Waals surface area contributed by atoms with Crippen molar-refractivity contribution in [3.05, 3.63) is 81.2 Å². The van der Waals surface area contributed by atoms with E-state index in [-0.39, 0.29) is 16.5 Å². The number of rotatable bonds is 4. The predicted octanol–water partition coefficient (Wildman–Crippen LogP) is 3.67. The van der Waals surface area contributed by atoms with Gasteiger partial charge in [-0.2, -0.15) is 5.10 Å². The van der Waals surface area contributed by atoms with Gasteiger partial charge in [0.15, 0.2) is 0 Å². The molecule has 8 nitrogen and oxygen atoms in total. The number of aromatic nitrogens is 2. The second kappa shape index (κ2) is 8.22. The number of benzene rings is 2. The van der Waals surface area contributed by atoms with Gasteiger partial charge >= 0.3 is 0 Å². The van der Waals surface area contributed by atoms with Crippen LogP contribution in [0, 0.1) is 30.9 Å². The van der Waals surface area contributed by atoms with Gasteiger partial charge in [0, 0.05) is 49.2 Å². The first-order valence-corrected chi connectivity index (χ1v) is 10.3. The van der Waals surface area contributed by atoms with E-state index in [1.165, 1.54) is 6.07 Å². The minimum Gasteiger partial charge on any atom is -0.368 e. The first-order chi connectivity index (χ1) is 14.8. The summed E-state index contributed by atoms with van der Waals surface area (Å²) >= 11 is 0. The summed E-state index contributed by atoms with van der Waals surface area (Å²) in [6.07, 6.45) is 0. The van der Waals surface area contributed by atoms with Crippen LogP contribution in [0.3, 0.4) is 0 Å². The molecule has 0 bridgehead atoms. The Bertz CT molecular complexity index is 1150. The second-order valence-electron chi connectivity index (χ2n) is 7.92. The molecule has 1 aliphatic rings. The van der Waals surface area contributed by atoms with Crippen molar-refractivity contribution in [3.8, 4) is 5.69 Å². The Morgan fingerprint density at radius 1 is 1.00 bits per heavy atom. The Balaban J connectivity index is 1.55. The molecular weight excluding hydrogens is 394 g/mol. The Labute approximate surface area is 180 Å². The van der Waals surface area contributed by atoms with Gasteiger partial charge in [-0.3, -0.25) is 14.9 Å². The molecule has 4 rings (SSSR count). The number of amides is 1. The van der Waals surface area contributed by atoms with Crippen LogP contribution >= 0.6 is 0 Å². The summed E-state index contributed by atoms with van der Waals surface area (Å²) < 4.78 is 1.62. The Hall–Kier alpha value is -3.68. The van der Waals surface area contributed by atoms with Crippen molar-refractivity contribution in [1.82, 2.24) is 14.7 Å². The molecule has 0 saturated carbocycles. The van der Waals surface area contributed by atoms with Gasteiger partial charge in [0.1, 0.15) is 5.69 Å². The highest BCUT2D eigenvalue weighted by Gasteiger charge is 2.25. The normalized spacial score (nSPS) is 14.0. The molecule has 3 aromatic rings. The first kappa shape index (κ1) is 20.6. The summed E-state index contributed by atoms with van der Waals surface area (Å²) in [6, 6.07) is 14.6. The molecule has 1 fully saturated rings. The van der Waals surface area contributed by atoms with Crippen LogP contribution in [0.25, 0.3) is 5.69 Å². The zero-order chi connectivity index (χ0) is 22.1. The molecule has 0 unspecified atom stereocenters. The van der Waals surface area contributed by atoms with Crippen LogP contribution in [0.15, 0.2) is 48.5 Å². The van der Waals surface area contributed by atoms with Gasteiger partial charge < -0.3 is 9.80 Å². The molecular formula is C23H25N5O3. The highest BCUT2D eigenvalue weighted by atomic mass is 16.6. The fourth-order valence-corrected chi connectivity index (χ4v) is 4.03. The van der Waals surface area contributed by atoms with Gasteiger partial charge in [0.25, 0.3) is 11.6 Å². The number of carbonyl (C=O) groups excluding carboxylic acids is 1. The van der Waals surface area contributed by atoms with Crippen LogP contribution in [-0.2, 0) is 0 Å². The summed E-state index contributed by atoms with van der Waals surface area (Å²) in [4.78, 5) is 28.0. The third kappa shape index (κ3) is 4.14. The third-order valence-electron chi connectivity index (χ3n) is 5.59. The van der Waals surface area contributed by atoms with E-state index in [0.29, 0.717) is 37.4 Å². The van der Waals surface area contributed by atoms with E-state index in [1.54, 1.807) is 10.7 Å². The maximum Gasteiger partial charge on any atom is 0.295 e. The van der Waals surface area contributed by atoms with Gasteiger partial charge in [0.05, 0.1) is 10.6 Å². The SMILES string of the molecule is Cc1cccc(C(=O)N2CCN(c3ccc([N+](=O)[O-])c(-n4nc(C)cc4C)c3)CC2)c1. The molecule has 0 N–H and O–H groups in total. The lowest BCUT2D eigenvalue weighted by Crippen LogP contribution is -2.48. The maximum atomic E-state index is 12.8. The van der Waals surface area contributed by atoms with Crippen molar-refractivity contribution < 1.29 is 9.72 Å². The lowest BCUT2D eigenvalue weighted by molar-refractivity contribution is -0.384. The quantitative estimate of drug-likeness (QED) is 0.476. The Kier molecular flexibility index (Phi) is 5.46. The van der Waals surface area contributed by atoms with Crippen LogP contribution in [0.4, 0.5) is 11.4 Å². The Morgan fingerprint density at radius 3 is 2.35 bits per heavy atom. The van der Waals surface area contributed by atoms with Crippen molar-refractivity contribution in [2.75, 3.05) is 31.1 Å². The van der Waals surface area contributed by atoms with E-state index >= 15 is 0 Å². The topological polar surface area (TPSA) is 84.5 Å². The maximum absolute atomic E-state index is 12.8. The molecule has 0 radical (unpaired) electrons. The van der Waals surface area contributed by atoms with Crippen molar-refractivity contribution >= 4 is 17.3 Å². The number of anilines is 1. The van der Waals surface area contributed by atoms with E-state index in [0.717, 1.165) is 22.6 Å². The van der Waals surface area contributed by atoms with Gasteiger partial charge in [0.2, 0.25) is 0 Å². The van der Waals surface area contributed by atoms with E-state index in [1.807, 2.05) is 62.1 Å². The Morgan fingerprint density at radius 2 is 1.74 bits per heavy atom. The highest BCUT2D eigenvalue weighted by Crippen LogP contribution is 2.30. The lowest BCUT2D eigenvalue weighted by atomic mass is 10.1. The molecule has 1 aromatic heterocycles. The molecule has 0 spiro atoms. The molecule has 1 aliphatic heterocycles. The van der Waals surface area contributed by atoms with E-state index in [4.69, 9.17) is 0 Å². The molecule has 8 heteroatoms. The average Bonchev–Trinajstić information content (AvgIpc) is 3.10. The smallest absolute Gasteiger partial charge is 0.295 e. The second-order valence-corrected chi connectivity index (χ2v) is 7.92. The van der Waals surface area contributed by atoms with Crippen LogP contribution < -0.4 is 4.90 Å². The molecule has 2 heterocycles. The molecule has 0 aliphatic carbocycles. The van der Waals surface area contributed by atoms with Crippen molar-refractivity contribution in [2.45, 2.75) is 20.8 Å². The van der Waals surface area contributed by atoms with Gasteiger partial charge in [-0.25, -0.2) is 4.68 Å². The molecule has 1 amide bonds. The minimum absolute atomic E-state index is 0.0169. The number of hydrogen-bond donors (Lipinski definition) is 0. The van der Waals surface area contributed by atoms with Crippen molar-refractivity contribution in [1.29, 1.82) is 0 Å². The van der Waals surface area contributed by atoms with Gasteiger partial charge in [-0.05, 0) is 51.1 Å². The number of piperazine rings is 1. The number of aryl methyl sites for hydroxylation is 3. The largest absolute Gasteiger partial charge is 0.368 e. The van der Waals surface area contributed by atoms with Crippen LogP contribution in [0.5, 0.6) is 0 Å². The van der Waals surface area contributed by atoms with E-state index < -0.39 is 0 Å². The summed E-state index contributed by atoms with van der Waals surface area (Å²) in [5.41, 5.74) is 4.76. The highest BCUT2D eigenvalue weighted by molar-refractivity contribution is 5.94. The summed E-state index contributed by atoms with van der Waals surface area (Å²) in [6.45, 7) is 8.23. The summed E-state index contributed by atoms with van der Waals surface area (Å²) in [7, 11) is 0. The fourth-order valence-electron chi connectivity index (χ4n) is 4.03. The van der Waals surface area contributed by atoms with Crippen LogP contribution in [-0.4, -0.2) is 51.7 Å². The number of hydrogen-bond acceptors (Lipinski definition) is 5. The third-order valence-corrected chi connectivity index (χ3v) is 5.59. The molecule has 2 aromatic carbocycles. The lowest BCUT2D eigenvalue weighted by Gasteiger charge is -2.36. The van der Waals surface area contributed by atoms with E-state index in [9.17, 15) is 14.9 Å². The summed E-state index contributed by atoms with van der Waals surface area (Å²) in [5, 5.41) is 16.0. The monoisotopic (exact) mass is 419 g/mol. The zero-order valence-electron chi connectivity index (χ0n) is 17.9. The predicted molar refractivity (Wildman–Crippen MR) is 119 cm³/mol. The van der Waals surface area contributed by atoms with Crippen molar-refractivity contribution in [2.24, 2.45) is 0 Å². The zero-order valence-corrected chi connectivity index (χ0v) is 17.9. The van der Waals surface area contributed by atoms with Crippen molar-refractivity contribution in [3.63, 3.8) is 0 Å². The number of nitro benzene ring substituents is 1. The number of nitrogens with zero attached hydrogens (tertiary/aromatic N) is 5. The molecule has 0 atom stereocenters. The fraction of sp³-hybridized carbons (Fsp3) is 0.304. The number of nitro groups is 1. The molecule has 160 valence electrons. The minimum atomic E-state index is -0.381. The average molecular weight is 419 g/mol. The molecule has 1 saturated heterocycles. The van der Waals surface area contributed by atoms with E-state index in [2.05, 4.69) is 10.00 Å². The van der Waals surface area contributed by atoms with Crippen LogP contribution in [0.2, 0.25) is 0 Å². The standard InChI is InChI=1S/C23H25N5O3/c1-16-5-4-6-19(13-16)23(29)26-11-9-25(10-12-26)20-7-8-21(28(30)31)22(15-20)27-18(3)14-17(2)24-27/h4-8,13-15H,9-12H2,1-3H3. The number of carbonyl (C=O) groups is 1. The van der Waals surface area contributed by atoms with Gasteiger partial charge in [-0.15, -0.1) is 0 Å². The summed E-state index contributed by atoms with van der Waals surface area (Å²) in [5.74, 6) is 0.0374. The van der Waals surface area contributed by atoms with Crippen LogP contribution in [0.1, 0.15) is 27.3 Å². The first-order valence-electron chi connectivity index (χ1n) is 10.3.